The fraction of sp³-hybridized carbons (Fsp3) is 0.118. The van der Waals surface area contributed by atoms with Crippen LogP contribution in [-0.4, -0.2) is 18.0 Å². The smallest absolute Gasteiger partial charge is 0.252 e. The first-order valence-electron chi connectivity index (χ1n) is 6.76. The summed E-state index contributed by atoms with van der Waals surface area (Å²) in [6.07, 6.45) is 1.83. The number of benzene rings is 2. The third kappa shape index (κ3) is 2.60. The maximum atomic E-state index is 12.4. The van der Waals surface area contributed by atoms with Gasteiger partial charge in [0, 0.05) is 34.8 Å². The van der Waals surface area contributed by atoms with Gasteiger partial charge in [-0.3, -0.25) is 4.79 Å². The topological polar surface area (TPSA) is 54.1 Å². The normalized spacial score (nSPS) is 10.5. The molecule has 106 valence electrons. The van der Waals surface area contributed by atoms with E-state index in [1.54, 1.807) is 7.11 Å². The third-order valence-corrected chi connectivity index (χ3v) is 3.47. The van der Waals surface area contributed by atoms with Crippen LogP contribution in [0.3, 0.4) is 0 Å². The second kappa shape index (κ2) is 5.71. The fourth-order valence-corrected chi connectivity index (χ4v) is 2.40. The predicted octanol–water partition coefficient (Wildman–Crippen LogP) is 3.11. The minimum atomic E-state index is -0.0916. The number of ether oxygens (including phenoxy) is 1. The maximum absolute atomic E-state index is 12.4. The van der Waals surface area contributed by atoms with Gasteiger partial charge in [0.25, 0.3) is 5.91 Å². The molecule has 1 amide bonds. The highest BCUT2D eigenvalue weighted by Crippen LogP contribution is 2.19. The standard InChI is InChI=1S/C17H16N2O2/c1-21-16-8-3-2-5-12(16)11-19-17(20)14-6-4-7-15-13(14)9-10-18-15/h2-10,18H,11H2,1H3,(H,19,20). The number of hydrogen-bond acceptors (Lipinski definition) is 2. The zero-order valence-corrected chi connectivity index (χ0v) is 11.7. The summed E-state index contributed by atoms with van der Waals surface area (Å²) >= 11 is 0. The lowest BCUT2D eigenvalue weighted by Crippen LogP contribution is -2.23. The lowest BCUT2D eigenvalue weighted by Gasteiger charge is -2.10. The minimum Gasteiger partial charge on any atom is -0.496 e. The number of carbonyl (C=O) groups is 1. The summed E-state index contributed by atoms with van der Waals surface area (Å²) in [5.74, 6) is 0.684. The van der Waals surface area contributed by atoms with E-state index in [0.717, 1.165) is 22.2 Å². The Balaban J connectivity index is 1.79. The van der Waals surface area contributed by atoms with E-state index in [1.807, 2.05) is 54.7 Å². The molecule has 0 atom stereocenters. The van der Waals surface area contributed by atoms with Crippen molar-refractivity contribution >= 4 is 16.8 Å². The van der Waals surface area contributed by atoms with Crippen molar-refractivity contribution in [1.29, 1.82) is 0 Å². The quantitative estimate of drug-likeness (QED) is 0.771. The fourth-order valence-electron chi connectivity index (χ4n) is 2.40. The Kier molecular flexibility index (Phi) is 3.60. The van der Waals surface area contributed by atoms with Crippen molar-refractivity contribution in [3.8, 4) is 5.75 Å². The van der Waals surface area contributed by atoms with E-state index in [1.165, 1.54) is 0 Å². The van der Waals surface area contributed by atoms with Crippen LogP contribution in [0.15, 0.2) is 54.7 Å². The van der Waals surface area contributed by atoms with E-state index in [9.17, 15) is 4.79 Å². The summed E-state index contributed by atoms with van der Waals surface area (Å²) in [4.78, 5) is 15.5. The second-order valence-electron chi connectivity index (χ2n) is 4.74. The first-order valence-corrected chi connectivity index (χ1v) is 6.76. The van der Waals surface area contributed by atoms with Gasteiger partial charge in [-0.1, -0.05) is 24.3 Å². The molecule has 0 unspecified atom stereocenters. The van der Waals surface area contributed by atoms with Crippen molar-refractivity contribution in [2.45, 2.75) is 6.54 Å². The van der Waals surface area contributed by atoms with E-state index in [2.05, 4.69) is 10.3 Å². The Hall–Kier alpha value is -2.75. The Labute approximate surface area is 122 Å². The lowest BCUT2D eigenvalue weighted by atomic mass is 10.1. The SMILES string of the molecule is COc1ccccc1CNC(=O)c1cccc2[nH]ccc12. The van der Waals surface area contributed by atoms with Crippen molar-refractivity contribution in [1.82, 2.24) is 10.3 Å². The monoisotopic (exact) mass is 280 g/mol. The Morgan fingerprint density at radius 2 is 2.00 bits per heavy atom. The van der Waals surface area contributed by atoms with Gasteiger partial charge in [-0.05, 0) is 24.3 Å². The molecule has 1 aromatic heterocycles. The number of aromatic amines is 1. The number of aromatic nitrogens is 1. The second-order valence-corrected chi connectivity index (χ2v) is 4.74. The number of methoxy groups -OCH3 is 1. The van der Waals surface area contributed by atoms with Crippen LogP contribution in [0.1, 0.15) is 15.9 Å². The first-order chi connectivity index (χ1) is 10.3. The molecule has 2 N–H and O–H groups in total. The van der Waals surface area contributed by atoms with E-state index in [-0.39, 0.29) is 5.91 Å². The third-order valence-electron chi connectivity index (χ3n) is 3.47. The molecule has 4 heteroatoms. The molecule has 0 saturated carbocycles. The number of nitrogens with one attached hydrogen (secondary N) is 2. The van der Waals surface area contributed by atoms with Crippen LogP contribution >= 0.6 is 0 Å². The summed E-state index contributed by atoms with van der Waals surface area (Å²) in [6.45, 7) is 0.434. The van der Waals surface area contributed by atoms with E-state index in [4.69, 9.17) is 4.74 Å². The summed E-state index contributed by atoms with van der Waals surface area (Å²) < 4.78 is 5.28. The van der Waals surface area contributed by atoms with Gasteiger partial charge < -0.3 is 15.0 Å². The van der Waals surface area contributed by atoms with Crippen molar-refractivity contribution in [2.75, 3.05) is 7.11 Å². The molecule has 0 bridgehead atoms. The Bertz CT molecular complexity index is 777. The summed E-state index contributed by atoms with van der Waals surface area (Å²) in [5, 5.41) is 3.87. The molecule has 3 rings (SSSR count). The van der Waals surface area contributed by atoms with Crippen LogP contribution in [0.5, 0.6) is 5.75 Å². The van der Waals surface area contributed by atoms with Gasteiger partial charge >= 0.3 is 0 Å². The summed E-state index contributed by atoms with van der Waals surface area (Å²) in [5.41, 5.74) is 2.58. The van der Waals surface area contributed by atoms with Crippen molar-refractivity contribution in [3.63, 3.8) is 0 Å². The minimum absolute atomic E-state index is 0.0916. The first kappa shape index (κ1) is 13.2. The highest BCUT2D eigenvalue weighted by atomic mass is 16.5. The molecule has 0 radical (unpaired) electrons. The Morgan fingerprint density at radius 3 is 2.86 bits per heavy atom. The molecule has 1 heterocycles. The van der Waals surface area contributed by atoms with Crippen molar-refractivity contribution in [2.24, 2.45) is 0 Å². The predicted molar refractivity (Wildman–Crippen MR) is 82.5 cm³/mol. The van der Waals surface area contributed by atoms with Crippen molar-refractivity contribution in [3.05, 3.63) is 65.9 Å². The van der Waals surface area contributed by atoms with Crippen LogP contribution in [0, 0.1) is 0 Å². The molecule has 0 fully saturated rings. The zero-order valence-electron chi connectivity index (χ0n) is 11.7. The molecule has 2 aromatic carbocycles. The van der Waals surface area contributed by atoms with E-state index >= 15 is 0 Å². The molecule has 3 aromatic rings. The van der Waals surface area contributed by atoms with Crippen LogP contribution in [0.4, 0.5) is 0 Å². The lowest BCUT2D eigenvalue weighted by molar-refractivity contribution is 0.0952. The number of fused-ring (bicyclic) bond motifs is 1. The van der Waals surface area contributed by atoms with Crippen LogP contribution < -0.4 is 10.1 Å². The number of carbonyl (C=O) groups excluding carboxylic acids is 1. The summed E-state index contributed by atoms with van der Waals surface area (Å²) in [6, 6.07) is 15.2. The Morgan fingerprint density at radius 1 is 1.14 bits per heavy atom. The van der Waals surface area contributed by atoms with Crippen LogP contribution in [0.2, 0.25) is 0 Å². The molecular weight excluding hydrogens is 264 g/mol. The van der Waals surface area contributed by atoms with Gasteiger partial charge in [0.2, 0.25) is 0 Å². The number of H-pyrrole nitrogens is 1. The number of amides is 1. The number of para-hydroxylation sites is 1. The molecule has 0 saturated heterocycles. The molecule has 0 spiro atoms. The summed E-state index contributed by atoms with van der Waals surface area (Å²) in [7, 11) is 1.63. The zero-order chi connectivity index (χ0) is 14.7. The van der Waals surface area contributed by atoms with Gasteiger partial charge in [-0.2, -0.15) is 0 Å². The number of rotatable bonds is 4. The van der Waals surface area contributed by atoms with Crippen LogP contribution in [0.25, 0.3) is 10.9 Å². The van der Waals surface area contributed by atoms with E-state index in [0.29, 0.717) is 12.1 Å². The molecule has 21 heavy (non-hydrogen) atoms. The molecule has 0 aliphatic carbocycles. The highest BCUT2D eigenvalue weighted by Gasteiger charge is 2.11. The molecule has 4 nitrogen and oxygen atoms in total. The van der Waals surface area contributed by atoms with Gasteiger partial charge in [0.1, 0.15) is 5.75 Å². The van der Waals surface area contributed by atoms with Gasteiger partial charge in [-0.25, -0.2) is 0 Å². The average molecular weight is 280 g/mol. The number of hydrogen-bond donors (Lipinski definition) is 2. The van der Waals surface area contributed by atoms with Crippen LogP contribution in [-0.2, 0) is 6.54 Å². The largest absolute Gasteiger partial charge is 0.496 e. The maximum Gasteiger partial charge on any atom is 0.252 e. The highest BCUT2D eigenvalue weighted by molar-refractivity contribution is 6.06. The van der Waals surface area contributed by atoms with Gasteiger partial charge in [-0.15, -0.1) is 0 Å². The van der Waals surface area contributed by atoms with Crippen molar-refractivity contribution < 1.29 is 9.53 Å². The molecule has 0 aliphatic rings. The van der Waals surface area contributed by atoms with Gasteiger partial charge in [0.05, 0.1) is 7.11 Å². The average Bonchev–Trinajstić information content (AvgIpc) is 3.01. The van der Waals surface area contributed by atoms with Gasteiger partial charge in [0.15, 0.2) is 0 Å². The van der Waals surface area contributed by atoms with E-state index < -0.39 is 0 Å². The molecule has 0 aliphatic heterocycles. The molecular formula is C17H16N2O2.